The second-order valence-corrected chi connectivity index (χ2v) is 3.26. The lowest BCUT2D eigenvalue weighted by Crippen LogP contribution is -2.18. The molecule has 0 atom stereocenters. The quantitative estimate of drug-likeness (QED) is 0.582. The van der Waals surface area contributed by atoms with Crippen molar-refractivity contribution >= 4 is 5.97 Å². The Morgan fingerprint density at radius 1 is 1.50 bits per heavy atom. The highest BCUT2D eigenvalue weighted by molar-refractivity contribution is 5.88. The topological polar surface area (TPSA) is 61.6 Å². The monoisotopic (exact) mass is 267 g/mol. The van der Waals surface area contributed by atoms with Crippen LogP contribution < -0.4 is 0 Å². The minimum atomic E-state index is -4.37. The molecule has 1 heterocycles. The summed E-state index contributed by atoms with van der Waals surface area (Å²) < 4.78 is 49.4. The number of aromatic nitrogens is 1. The van der Waals surface area contributed by atoms with Crippen LogP contribution in [0.25, 0.3) is 0 Å². The summed E-state index contributed by atoms with van der Waals surface area (Å²) in [5.74, 6) is -0.521. The highest BCUT2D eigenvalue weighted by Crippen LogP contribution is 2.15. The van der Waals surface area contributed by atoms with E-state index in [4.69, 9.17) is 9.15 Å². The normalized spacial score (nSPS) is 11.6. The molecule has 0 aliphatic heterocycles. The Bertz CT molecular complexity index is 389. The first-order valence-corrected chi connectivity index (χ1v) is 5.18. The summed E-state index contributed by atoms with van der Waals surface area (Å²) in [5, 5.41) is 0. The van der Waals surface area contributed by atoms with E-state index in [2.05, 4.69) is 9.72 Å². The summed E-state index contributed by atoms with van der Waals surface area (Å²) >= 11 is 0. The molecule has 1 aromatic heterocycles. The predicted octanol–water partition coefficient (Wildman–Crippen LogP) is 1.97. The van der Waals surface area contributed by atoms with Crippen LogP contribution in [-0.4, -0.2) is 37.0 Å². The van der Waals surface area contributed by atoms with Crippen molar-refractivity contribution in [3.8, 4) is 0 Å². The van der Waals surface area contributed by atoms with Crippen molar-refractivity contribution in [2.75, 3.05) is 19.8 Å². The number of hydrogen-bond acceptors (Lipinski definition) is 5. The molecule has 5 nitrogen and oxygen atoms in total. The molecule has 0 aliphatic rings. The van der Waals surface area contributed by atoms with Gasteiger partial charge in [-0.25, -0.2) is 9.78 Å². The van der Waals surface area contributed by atoms with Gasteiger partial charge in [-0.1, -0.05) is 0 Å². The largest absolute Gasteiger partial charge is 0.461 e. The maximum atomic E-state index is 11.8. The van der Waals surface area contributed by atoms with Crippen molar-refractivity contribution in [3.63, 3.8) is 0 Å². The van der Waals surface area contributed by atoms with Gasteiger partial charge in [-0.15, -0.1) is 0 Å². The molecular formula is C10H12F3NO4. The number of alkyl halides is 3. The first-order valence-electron chi connectivity index (χ1n) is 5.18. The third-order valence-corrected chi connectivity index (χ3v) is 1.85. The Morgan fingerprint density at radius 2 is 2.22 bits per heavy atom. The van der Waals surface area contributed by atoms with E-state index in [1.807, 2.05) is 0 Å². The number of halogens is 3. The van der Waals surface area contributed by atoms with E-state index < -0.39 is 18.8 Å². The summed E-state index contributed by atoms with van der Waals surface area (Å²) in [6.07, 6.45) is -3.32. The molecule has 0 saturated heterocycles. The van der Waals surface area contributed by atoms with E-state index in [9.17, 15) is 18.0 Å². The molecule has 0 bridgehead atoms. The standard InChI is InChI=1S/C10H12F3NO4/c1-2-17-9(15)8-7(18-6-14-8)3-4-16-5-10(11,12)13/h6H,2-5H2,1H3. The minimum Gasteiger partial charge on any atom is -0.461 e. The zero-order valence-electron chi connectivity index (χ0n) is 9.62. The molecule has 1 aromatic rings. The Morgan fingerprint density at radius 3 is 2.83 bits per heavy atom. The van der Waals surface area contributed by atoms with E-state index in [-0.39, 0.29) is 31.1 Å². The average Bonchev–Trinajstić information content (AvgIpc) is 2.71. The van der Waals surface area contributed by atoms with E-state index in [0.717, 1.165) is 6.39 Å². The van der Waals surface area contributed by atoms with Crippen LogP contribution in [0.4, 0.5) is 13.2 Å². The second-order valence-electron chi connectivity index (χ2n) is 3.26. The van der Waals surface area contributed by atoms with Crippen LogP contribution in [0, 0.1) is 0 Å². The van der Waals surface area contributed by atoms with Gasteiger partial charge in [-0.3, -0.25) is 0 Å². The molecule has 1 rings (SSSR count). The summed E-state index contributed by atoms with van der Waals surface area (Å²) in [4.78, 5) is 15.0. The molecule has 0 amide bonds. The van der Waals surface area contributed by atoms with Gasteiger partial charge in [0.25, 0.3) is 0 Å². The van der Waals surface area contributed by atoms with Crippen LogP contribution in [0.3, 0.4) is 0 Å². The van der Waals surface area contributed by atoms with Gasteiger partial charge in [0, 0.05) is 6.42 Å². The van der Waals surface area contributed by atoms with Crippen LogP contribution in [-0.2, 0) is 15.9 Å². The zero-order valence-corrected chi connectivity index (χ0v) is 9.62. The van der Waals surface area contributed by atoms with Gasteiger partial charge in [0.05, 0.1) is 13.2 Å². The third kappa shape index (κ3) is 4.74. The van der Waals surface area contributed by atoms with Gasteiger partial charge in [0.1, 0.15) is 12.4 Å². The summed E-state index contributed by atoms with van der Waals surface area (Å²) in [5.41, 5.74) is -0.0348. The SMILES string of the molecule is CCOC(=O)c1ncoc1CCOCC(F)(F)F. The number of hydrogen-bond donors (Lipinski definition) is 0. The Kier molecular flexibility index (Phi) is 5.14. The number of carbonyl (C=O) groups excluding carboxylic acids is 1. The van der Waals surface area contributed by atoms with Crippen molar-refractivity contribution in [1.29, 1.82) is 0 Å². The lowest BCUT2D eigenvalue weighted by Gasteiger charge is -2.06. The van der Waals surface area contributed by atoms with Crippen molar-refractivity contribution in [2.24, 2.45) is 0 Å². The fourth-order valence-electron chi connectivity index (χ4n) is 1.17. The summed E-state index contributed by atoms with van der Waals surface area (Å²) in [6, 6.07) is 0. The maximum Gasteiger partial charge on any atom is 0.411 e. The van der Waals surface area contributed by atoms with Gasteiger partial charge in [-0.05, 0) is 6.92 Å². The van der Waals surface area contributed by atoms with Crippen molar-refractivity contribution < 1.29 is 31.9 Å². The average molecular weight is 267 g/mol. The van der Waals surface area contributed by atoms with Gasteiger partial charge < -0.3 is 13.9 Å². The van der Waals surface area contributed by atoms with Gasteiger partial charge in [0.15, 0.2) is 12.1 Å². The van der Waals surface area contributed by atoms with Crippen molar-refractivity contribution in [3.05, 3.63) is 17.8 Å². The van der Waals surface area contributed by atoms with E-state index >= 15 is 0 Å². The molecule has 102 valence electrons. The minimum absolute atomic E-state index is 0.0181. The Hall–Kier alpha value is -1.57. The van der Waals surface area contributed by atoms with Crippen LogP contribution >= 0.6 is 0 Å². The molecule has 0 unspecified atom stereocenters. The summed E-state index contributed by atoms with van der Waals surface area (Å²) in [6.45, 7) is 0.247. The molecule has 8 heteroatoms. The lowest BCUT2D eigenvalue weighted by molar-refractivity contribution is -0.173. The van der Waals surface area contributed by atoms with Crippen LogP contribution in [0.15, 0.2) is 10.8 Å². The van der Waals surface area contributed by atoms with E-state index in [1.165, 1.54) is 0 Å². The van der Waals surface area contributed by atoms with Crippen molar-refractivity contribution in [1.82, 2.24) is 4.98 Å². The Labute approximate surface area is 101 Å². The first-order chi connectivity index (χ1) is 8.44. The highest BCUT2D eigenvalue weighted by atomic mass is 19.4. The van der Waals surface area contributed by atoms with Crippen LogP contribution in [0.5, 0.6) is 0 Å². The smallest absolute Gasteiger partial charge is 0.411 e. The molecule has 18 heavy (non-hydrogen) atoms. The molecule has 0 spiro atoms. The Balaban J connectivity index is 2.43. The number of esters is 1. The lowest BCUT2D eigenvalue weighted by atomic mass is 10.3. The molecule has 0 N–H and O–H groups in total. The predicted molar refractivity (Wildman–Crippen MR) is 53.0 cm³/mol. The molecule has 0 saturated carbocycles. The number of carbonyl (C=O) groups is 1. The maximum absolute atomic E-state index is 11.8. The third-order valence-electron chi connectivity index (χ3n) is 1.85. The van der Waals surface area contributed by atoms with E-state index in [1.54, 1.807) is 6.92 Å². The summed E-state index contributed by atoms with van der Waals surface area (Å²) in [7, 11) is 0. The van der Waals surface area contributed by atoms with E-state index in [0.29, 0.717) is 0 Å². The highest BCUT2D eigenvalue weighted by Gasteiger charge is 2.27. The molecular weight excluding hydrogens is 255 g/mol. The fourth-order valence-corrected chi connectivity index (χ4v) is 1.17. The van der Waals surface area contributed by atoms with Crippen LogP contribution in [0.1, 0.15) is 23.2 Å². The zero-order chi connectivity index (χ0) is 13.6. The second kappa shape index (κ2) is 6.39. The van der Waals surface area contributed by atoms with Crippen LogP contribution in [0.2, 0.25) is 0 Å². The molecule has 0 aromatic carbocycles. The van der Waals surface area contributed by atoms with Crippen molar-refractivity contribution in [2.45, 2.75) is 19.5 Å². The van der Waals surface area contributed by atoms with Gasteiger partial charge >= 0.3 is 12.1 Å². The molecule has 0 fully saturated rings. The number of rotatable bonds is 6. The van der Waals surface area contributed by atoms with Gasteiger partial charge in [0.2, 0.25) is 0 Å². The molecule has 0 radical (unpaired) electrons. The van der Waals surface area contributed by atoms with Gasteiger partial charge in [-0.2, -0.15) is 13.2 Å². The fraction of sp³-hybridized carbons (Fsp3) is 0.600. The number of ether oxygens (including phenoxy) is 2. The first kappa shape index (κ1) is 14.5. The molecule has 0 aliphatic carbocycles. The number of nitrogens with zero attached hydrogens (tertiary/aromatic N) is 1. The number of oxazole rings is 1.